The molecule has 0 aromatic carbocycles. The normalized spacial score (nSPS) is 24.0. The lowest BCUT2D eigenvalue weighted by atomic mass is 9.90. The van der Waals surface area contributed by atoms with E-state index in [0.29, 0.717) is 19.0 Å². The van der Waals surface area contributed by atoms with Crippen LogP contribution >= 0.6 is 0 Å². The van der Waals surface area contributed by atoms with Crippen LogP contribution in [0.5, 0.6) is 0 Å². The van der Waals surface area contributed by atoms with E-state index in [9.17, 15) is 9.59 Å². The highest BCUT2D eigenvalue weighted by Gasteiger charge is 2.31. The zero-order valence-corrected chi connectivity index (χ0v) is 10.4. The number of H-pyrrole nitrogens is 1. The number of rotatable bonds is 2. The molecule has 1 aromatic rings. The maximum absolute atomic E-state index is 12.3. The maximum atomic E-state index is 12.3. The number of aromatic amines is 1. The third kappa shape index (κ3) is 2.43. The van der Waals surface area contributed by atoms with Crippen LogP contribution in [0.15, 0.2) is 17.2 Å². The van der Waals surface area contributed by atoms with Crippen molar-refractivity contribution in [3.05, 3.63) is 28.4 Å². The average Bonchev–Trinajstić information content (AvgIpc) is 2.38. The minimum Gasteiger partial charge on any atom is -0.333 e. The molecular formula is C12H18N4O2. The fraction of sp³-hybridized carbons (Fsp3) is 0.583. The summed E-state index contributed by atoms with van der Waals surface area (Å²) in [6, 6.07) is 0.0555. The monoisotopic (exact) mass is 250 g/mol. The molecule has 0 saturated carbocycles. The Kier molecular flexibility index (Phi) is 3.76. The number of hydrogen-bond acceptors (Lipinski definition) is 4. The van der Waals surface area contributed by atoms with Crippen molar-refractivity contribution in [3.8, 4) is 0 Å². The van der Waals surface area contributed by atoms with Gasteiger partial charge in [0.05, 0.1) is 6.20 Å². The summed E-state index contributed by atoms with van der Waals surface area (Å²) in [6.45, 7) is 3.26. The van der Waals surface area contributed by atoms with Crippen LogP contribution in [-0.2, 0) is 0 Å². The molecular weight excluding hydrogens is 232 g/mol. The number of amides is 1. The van der Waals surface area contributed by atoms with Gasteiger partial charge in [0.1, 0.15) is 5.69 Å². The number of carbonyl (C=O) groups excluding carboxylic acids is 1. The van der Waals surface area contributed by atoms with Crippen molar-refractivity contribution in [2.75, 3.05) is 13.1 Å². The van der Waals surface area contributed by atoms with Gasteiger partial charge < -0.3 is 15.6 Å². The summed E-state index contributed by atoms with van der Waals surface area (Å²) in [5, 5.41) is 0. The number of nitrogens with zero attached hydrogens (tertiary/aromatic N) is 2. The van der Waals surface area contributed by atoms with Gasteiger partial charge in [-0.05, 0) is 18.8 Å². The highest BCUT2D eigenvalue weighted by molar-refractivity contribution is 5.92. The number of hydrogen-bond donors (Lipinski definition) is 2. The zero-order chi connectivity index (χ0) is 13.1. The van der Waals surface area contributed by atoms with Gasteiger partial charge in [0.25, 0.3) is 11.5 Å². The number of likely N-dealkylation sites (tertiary alicyclic amines) is 1. The van der Waals surface area contributed by atoms with Crippen molar-refractivity contribution in [2.45, 2.75) is 25.8 Å². The van der Waals surface area contributed by atoms with Crippen molar-refractivity contribution in [3.63, 3.8) is 0 Å². The van der Waals surface area contributed by atoms with Gasteiger partial charge >= 0.3 is 0 Å². The summed E-state index contributed by atoms with van der Waals surface area (Å²) in [5.41, 5.74) is 5.71. The molecule has 1 aliphatic rings. The Balaban J connectivity index is 2.21. The fourth-order valence-electron chi connectivity index (χ4n) is 2.47. The van der Waals surface area contributed by atoms with Crippen LogP contribution in [0, 0.1) is 5.92 Å². The second kappa shape index (κ2) is 5.30. The summed E-state index contributed by atoms with van der Waals surface area (Å²) in [7, 11) is 0. The van der Waals surface area contributed by atoms with Gasteiger partial charge in [-0.2, -0.15) is 0 Å². The van der Waals surface area contributed by atoms with Crippen molar-refractivity contribution in [1.82, 2.24) is 14.9 Å². The first-order valence-electron chi connectivity index (χ1n) is 6.19. The highest BCUT2D eigenvalue weighted by atomic mass is 16.2. The summed E-state index contributed by atoms with van der Waals surface area (Å²) in [4.78, 5) is 31.4. The molecule has 3 N–H and O–H groups in total. The molecule has 0 radical (unpaired) electrons. The molecule has 2 unspecified atom stereocenters. The Morgan fingerprint density at radius 1 is 1.67 bits per heavy atom. The third-order valence-electron chi connectivity index (χ3n) is 3.51. The van der Waals surface area contributed by atoms with Crippen LogP contribution in [0.3, 0.4) is 0 Å². The molecule has 18 heavy (non-hydrogen) atoms. The van der Waals surface area contributed by atoms with Crippen LogP contribution < -0.4 is 11.3 Å². The molecule has 6 nitrogen and oxygen atoms in total. The molecule has 2 atom stereocenters. The van der Waals surface area contributed by atoms with E-state index < -0.39 is 0 Å². The predicted octanol–water partition coefficient (Wildman–Crippen LogP) is -0.0307. The molecule has 0 bridgehead atoms. The molecule has 1 amide bonds. The van der Waals surface area contributed by atoms with Crippen molar-refractivity contribution < 1.29 is 4.79 Å². The lowest BCUT2D eigenvalue weighted by Gasteiger charge is -2.39. The van der Waals surface area contributed by atoms with E-state index in [2.05, 4.69) is 16.9 Å². The van der Waals surface area contributed by atoms with E-state index in [4.69, 9.17) is 5.73 Å². The first-order chi connectivity index (χ1) is 8.63. The van der Waals surface area contributed by atoms with Crippen LogP contribution in [0.25, 0.3) is 0 Å². The lowest BCUT2D eigenvalue weighted by Crippen LogP contribution is -2.51. The Bertz CT molecular complexity index is 465. The van der Waals surface area contributed by atoms with Gasteiger partial charge in [-0.3, -0.25) is 9.59 Å². The van der Waals surface area contributed by atoms with E-state index in [1.165, 1.54) is 6.20 Å². The molecule has 1 saturated heterocycles. The minimum absolute atomic E-state index is 0.0555. The van der Waals surface area contributed by atoms with E-state index in [1.807, 2.05) is 0 Å². The van der Waals surface area contributed by atoms with E-state index >= 15 is 0 Å². The highest BCUT2D eigenvalue weighted by Crippen LogP contribution is 2.23. The lowest BCUT2D eigenvalue weighted by molar-refractivity contribution is 0.0526. The molecule has 98 valence electrons. The number of nitrogens with one attached hydrogen (secondary N) is 1. The second-order valence-electron chi connectivity index (χ2n) is 4.72. The molecule has 1 aromatic heterocycles. The zero-order valence-electron chi connectivity index (χ0n) is 10.4. The second-order valence-corrected chi connectivity index (χ2v) is 4.72. The minimum atomic E-state index is -0.311. The van der Waals surface area contributed by atoms with Crippen LogP contribution in [0.1, 0.15) is 30.3 Å². The Hall–Kier alpha value is -1.69. The van der Waals surface area contributed by atoms with Gasteiger partial charge in [-0.25, -0.2) is 4.98 Å². The Morgan fingerprint density at radius 2 is 2.44 bits per heavy atom. The Labute approximate surface area is 105 Å². The summed E-state index contributed by atoms with van der Waals surface area (Å²) in [6.07, 6.45) is 4.55. The SMILES string of the molecule is CC1CCCN(C(=O)c2c[nH]c(=O)cn2)C1CN. The van der Waals surface area contributed by atoms with Gasteiger partial charge in [0, 0.05) is 25.3 Å². The summed E-state index contributed by atoms with van der Waals surface area (Å²) >= 11 is 0. The predicted molar refractivity (Wildman–Crippen MR) is 67.1 cm³/mol. The number of piperidine rings is 1. The summed E-state index contributed by atoms with van der Waals surface area (Å²) < 4.78 is 0. The first kappa shape index (κ1) is 12.8. The number of nitrogens with two attached hydrogens (primary N) is 1. The molecule has 6 heteroatoms. The van der Waals surface area contributed by atoms with E-state index in [1.54, 1.807) is 4.90 Å². The van der Waals surface area contributed by atoms with Crippen molar-refractivity contribution >= 4 is 5.91 Å². The average molecular weight is 250 g/mol. The van der Waals surface area contributed by atoms with Crippen LogP contribution in [0.2, 0.25) is 0 Å². The summed E-state index contributed by atoms with van der Waals surface area (Å²) in [5.74, 6) is 0.240. The van der Waals surface area contributed by atoms with E-state index in [-0.39, 0.29) is 23.2 Å². The largest absolute Gasteiger partial charge is 0.333 e. The van der Waals surface area contributed by atoms with Crippen molar-refractivity contribution in [2.24, 2.45) is 11.7 Å². The fourth-order valence-corrected chi connectivity index (χ4v) is 2.47. The molecule has 0 spiro atoms. The van der Waals surface area contributed by atoms with Crippen LogP contribution in [-0.4, -0.2) is 39.9 Å². The number of aromatic nitrogens is 2. The molecule has 2 rings (SSSR count). The quantitative estimate of drug-likeness (QED) is 0.771. The van der Waals surface area contributed by atoms with Gasteiger partial charge in [-0.15, -0.1) is 0 Å². The van der Waals surface area contributed by atoms with Gasteiger partial charge in [-0.1, -0.05) is 6.92 Å². The topological polar surface area (TPSA) is 92.1 Å². The third-order valence-corrected chi connectivity index (χ3v) is 3.51. The first-order valence-corrected chi connectivity index (χ1v) is 6.19. The van der Waals surface area contributed by atoms with Crippen molar-refractivity contribution in [1.29, 1.82) is 0 Å². The smallest absolute Gasteiger partial charge is 0.274 e. The van der Waals surface area contributed by atoms with Gasteiger partial charge in [0.15, 0.2) is 0 Å². The maximum Gasteiger partial charge on any atom is 0.274 e. The molecule has 1 fully saturated rings. The van der Waals surface area contributed by atoms with Gasteiger partial charge in [0.2, 0.25) is 0 Å². The Morgan fingerprint density at radius 3 is 3.06 bits per heavy atom. The molecule has 0 aliphatic carbocycles. The van der Waals surface area contributed by atoms with E-state index in [0.717, 1.165) is 19.0 Å². The number of carbonyl (C=O) groups is 1. The standard InChI is InChI=1S/C12H18N4O2/c1-8-3-2-4-16(10(8)5-13)12(18)9-6-15-11(17)7-14-9/h6-8,10H,2-5,13H2,1H3,(H,15,17). The molecule has 1 aliphatic heterocycles. The molecule has 2 heterocycles. The van der Waals surface area contributed by atoms with Crippen LogP contribution in [0.4, 0.5) is 0 Å².